The van der Waals surface area contributed by atoms with E-state index < -0.39 is 11.9 Å². The Kier molecular flexibility index (Phi) is 8.87. The Balaban J connectivity index is 2.00. The summed E-state index contributed by atoms with van der Waals surface area (Å²) in [7, 11) is 4.71. The first-order valence-corrected chi connectivity index (χ1v) is 9.95. The van der Waals surface area contributed by atoms with E-state index in [1.165, 1.54) is 12.0 Å². The Hall–Kier alpha value is -3.55. The van der Waals surface area contributed by atoms with Gasteiger partial charge in [0.2, 0.25) is 0 Å². The van der Waals surface area contributed by atoms with Gasteiger partial charge < -0.3 is 24.4 Å². The Morgan fingerprint density at radius 1 is 1.03 bits per heavy atom. The number of anilines is 1. The van der Waals surface area contributed by atoms with Gasteiger partial charge in [0.15, 0.2) is 18.1 Å². The van der Waals surface area contributed by atoms with Crippen LogP contribution in [0.1, 0.15) is 40.5 Å². The van der Waals surface area contributed by atoms with Crippen molar-refractivity contribution in [3.8, 4) is 11.5 Å². The minimum absolute atomic E-state index is 0.198. The molecule has 0 radical (unpaired) electrons. The van der Waals surface area contributed by atoms with Gasteiger partial charge in [-0.15, -0.1) is 0 Å². The Morgan fingerprint density at radius 3 is 2.35 bits per heavy atom. The molecule has 0 aliphatic rings. The second-order valence-electron chi connectivity index (χ2n) is 6.94. The molecule has 0 saturated heterocycles. The molecule has 2 rings (SSSR count). The largest absolute Gasteiger partial charge is 0.493 e. The number of hydrogen-bond donors (Lipinski definition) is 1. The minimum Gasteiger partial charge on any atom is -0.493 e. The average molecular weight is 428 g/mol. The first kappa shape index (κ1) is 23.7. The summed E-state index contributed by atoms with van der Waals surface area (Å²) < 4.78 is 16.0. The van der Waals surface area contributed by atoms with Gasteiger partial charge in [0.25, 0.3) is 11.8 Å². The van der Waals surface area contributed by atoms with Crippen molar-refractivity contribution in [1.29, 1.82) is 0 Å². The zero-order valence-corrected chi connectivity index (χ0v) is 18.3. The molecule has 0 atom stereocenters. The van der Waals surface area contributed by atoms with Crippen molar-refractivity contribution in [2.24, 2.45) is 0 Å². The van der Waals surface area contributed by atoms with Gasteiger partial charge in [0, 0.05) is 19.8 Å². The van der Waals surface area contributed by atoms with Crippen LogP contribution < -0.4 is 14.8 Å². The highest BCUT2D eigenvalue weighted by Gasteiger charge is 2.19. The zero-order chi connectivity index (χ0) is 22.8. The van der Waals surface area contributed by atoms with Crippen LogP contribution in [-0.4, -0.2) is 57.1 Å². The van der Waals surface area contributed by atoms with Gasteiger partial charge >= 0.3 is 5.97 Å². The van der Waals surface area contributed by atoms with Crippen molar-refractivity contribution < 1.29 is 28.6 Å². The Bertz CT molecular complexity index is 909. The highest BCUT2D eigenvalue weighted by atomic mass is 16.5. The molecule has 0 bridgehead atoms. The number of para-hydroxylation sites is 1. The third-order valence-electron chi connectivity index (χ3n) is 4.32. The van der Waals surface area contributed by atoms with Crippen molar-refractivity contribution in [2.75, 3.05) is 39.7 Å². The van der Waals surface area contributed by atoms with Crippen LogP contribution in [0.2, 0.25) is 0 Å². The fraction of sp³-hybridized carbons (Fsp3) is 0.348. The molecule has 0 heterocycles. The van der Waals surface area contributed by atoms with Crippen LogP contribution in [-0.2, 0) is 9.53 Å². The van der Waals surface area contributed by atoms with Crippen molar-refractivity contribution in [2.45, 2.75) is 19.8 Å². The lowest BCUT2D eigenvalue weighted by Gasteiger charge is -2.17. The maximum atomic E-state index is 12.4. The van der Waals surface area contributed by atoms with Crippen molar-refractivity contribution in [3.05, 3.63) is 53.6 Å². The summed E-state index contributed by atoms with van der Waals surface area (Å²) in [5.74, 6) is -0.539. The molecular weight excluding hydrogens is 400 g/mol. The summed E-state index contributed by atoms with van der Waals surface area (Å²) in [6.07, 6.45) is 1.76. The van der Waals surface area contributed by atoms with E-state index in [0.717, 1.165) is 12.8 Å². The minimum atomic E-state index is -0.424. The molecule has 0 aromatic heterocycles. The smallest absolute Gasteiger partial charge is 0.338 e. The number of esters is 1. The molecule has 2 aromatic carbocycles. The number of nitrogens with one attached hydrogen (secondary N) is 1. The highest BCUT2D eigenvalue weighted by molar-refractivity contribution is 5.98. The van der Waals surface area contributed by atoms with E-state index in [1.807, 2.05) is 6.92 Å². The molecule has 0 unspecified atom stereocenters. The first-order chi connectivity index (χ1) is 14.9. The van der Waals surface area contributed by atoms with Crippen LogP contribution >= 0.6 is 0 Å². The van der Waals surface area contributed by atoms with Gasteiger partial charge in [-0.05, 0) is 42.8 Å². The predicted molar refractivity (Wildman–Crippen MR) is 117 cm³/mol. The molecule has 31 heavy (non-hydrogen) atoms. The second-order valence-corrected chi connectivity index (χ2v) is 6.94. The maximum absolute atomic E-state index is 12.4. The van der Waals surface area contributed by atoms with E-state index >= 15 is 0 Å². The van der Waals surface area contributed by atoms with E-state index in [4.69, 9.17) is 14.2 Å². The second kappa shape index (κ2) is 11.6. The monoisotopic (exact) mass is 428 g/mol. The number of benzene rings is 2. The summed E-state index contributed by atoms with van der Waals surface area (Å²) in [5.41, 5.74) is 1.21. The molecular formula is C23H28N2O6. The summed E-state index contributed by atoms with van der Waals surface area (Å²) in [5, 5.41) is 2.69. The van der Waals surface area contributed by atoms with Gasteiger partial charge in [-0.1, -0.05) is 19.4 Å². The molecule has 0 spiro atoms. The van der Waals surface area contributed by atoms with Gasteiger partial charge in [0.1, 0.15) is 0 Å². The summed E-state index contributed by atoms with van der Waals surface area (Å²) in [6, 6.07) is 11.3. The lowest BCUT2D eigenvalue weighted by molar-refractivity contribution is -0.118. The van der Waals surface area contributed by atoms with Gasteiger partial charge in [-0.3, -0.25) is 9.59 Å². The Morgan fingerprint density at radius 2 is 1.74 bits per heavy atom. The molecule has 8 heteroatoms. The third-order valence-corrected chi connectivity index (χ3v) is 4.32. The molecule has 0 saturated carbocycles. The lowest BCUT2D eigenvalue weighted by Crippen LogP contribution is -2.24. The molecule has 2 amide bonds. The quantitative estimate of drug-likeness (QED) is 0.461. The Labute approximate surface area is 182 Å². The van der Waals surface area contributed by atoms with Crippen molar-refractivity contribution in [1.82, 2.24) is 4.90 Å². The van der Waals surface area contributed by atoms with E-state index in [-0.39, 0.29) is 18.3 Å². The number of methoxy groups -OCH3 is 1. The number of hydrogen-bond acceptors (Lipinski definition) is 6. The van der Waals surface area contributed by atoms with Gasteiger partial charge in [0.05, 0.1) is 24.8 Å². The van der Waals surface area contributed by atoms with E-state index in [1.54, 1.807) is 56.6 Å². The third kappa shape index (κ3) is 6.74. The van der Waals surface area contributed by atoms with Crippen LogP contribution in [0.4, 0.5) is 5.69 Å². The fourth-order valence-electron chi connectivity index (χ4n) is 2.65. The number of ether oxygens (including phenoxy) is 3. The summed E-state index contributed by atoms with van der Waals surface area (Å²) in [4.78, 5) is 38.1. The van der Waals surface area contributed by atoms with Gasteiger partial charge in [-0.25, -0.2) is 4.79 Å². The SMILES string of the molecule is CCCCOC(=O)c1ccc(NC(=O)COc2c(OC)cccc2C(=O)N(C)C)cc1. The van der Waals surface area contributed by atoms with Crippen molar-refractivity contribution >= 4 is 23.5 Å². The fourth-order valence-corrected chi connectivity index (χ4v) is 2.65. The van der Waals surface area contributed by atoms with Crippen LogP contribution in [0.15, 0.2) is 42.5 Å². The van der Waals surface area contributed by atoms with Crippen LogP contribution in [0.25, 0.3) is 0 Å². The van der Waals surface area contributed by atoms with Gasteiger partial charge in [-0.2, -0.15) is 0 Å². The zero-order valence-electron chi connectivity index (χ0n) is 18.3. The number of rotatable bonds is 10. The molecule has 0 aliphatic carbocycles. The first-order valence-electron chi connectivity index (χ1n) is 9.95. The maximum Gasteiger partial charge on any atom is 0.338 e. The number of unbranched alkanes of at least 4 members (excludes halogenated alkanes) is 1. The van der Waals surface area contributed by atoms with Crippen molar-refractivity contribution in [3.63, 3.8) is 0 Å². The number of amides is 2. The van der Waals surface area contributed by atoms with E-state index in [2.05, 4.69) is 5.32 Å². The molecule has 0 aliphatic heterocycles. The molecule has 166 valence electrons. The topological polar surface area (TPSA) is 94.2 Å². The van der Waals surface area contributed by atoms with Crippen LogP contribution in [0.5, 0.6) is 11.5 Å². The number of carbonyl (C=O) groups is 3. The van der Waals surface area contributed by atoms with E-state index in [9.17, 15) is 14.4 Å². The number of nitrogens with zero attached hydrogens (tertiary/aromatic N) is 1. The summed E-state index contributed by atoms with van der Waals surface area (Å²) in [6.45, 7) is 2.07. The normalized spacial score (nSPS) is 10.2. The van der Waals surface area contributed by atoms with E-state index in [0.29, 0.717) is 29.2 Å². The summed E-state index contributed by atoms with van der Waals surface area (Å²) >= 11 is 0. The van der Waals surface area contributed by atoms with Crippen LogP contribution in [0, 0.1) is 0 Å². The predicted octanol–water partition coefficient (Wildman–Crippen LogP) is 3.37. The molecule has 1 N–H and O–H groups in total. The molecule has 8 nitrogen and oxygen atoms in total. The average Bonchev–Trinajstić information content (AvgIpc) is 2.77. The lowest BCUT2D eigenvalue weighted by atomic mass is 10.1. The standard InChI is InChI=1S/C23H28N2O6/c1-5-6-14-30-23(28)16-10-12-17(13-11-16)24-20(26)15-31-21-18(22(27)25(2)3)8-7-9-19(21)29-4/h7-13H,5-6,14-15H2,1-4H3,(H,24,26). The molecule has 2 aromatic rings. The highest BCUT2D eigenvalue weighted by Crippen LogP contribution is 2.31. The van der Waals surface area contributed by atoms with Crippen LogP contribution in [0.3, 0.4) is 0 Å². The molecule has 0 fully saturated rings. The number of carbonyl (C=O) groups excluding carboxylic acids is 3.